The monoisotopic (exact) mass is 471 g/mol. The number of alkyl halides is 2. The second-order valence-corrected chi connectivity index (χ2v) is 9.66. The maximum Gasteiger partial charge on any atom is 0.348 e. The van der Waals surface area contributed by atoms with Crippen LogP contribution in [0.3, 0.4) is 0 Å². The molecule has 0 spiro atoms. The lowest BCUT2D eigenvalue weighted by molar-refractivity contribution is -0.0473. The van der Waals surface area contributed by atoms with Crippen LogP contribution in [0.15, 0.2) is 35.1 Å². The second-order valence-electron chi connectivity index (χ2n) is 9.66. The van der Waals surface area contributed by atoms with Crippen molar-refractivity contribution in [1.29, 1.82) is 0 Å². The number of rotatable bonds is 6. The van der Waals surface area contributed by atoms with Crippen molar-refractivity contribution in [3.05, 3.63) is 46.6 Å². The van der Waals surface area contributed by atoms with Gasteiger partial charge < -0.3 is 9.64 Å². The van der Waals surface area contributed by atoms with Crippen molar-refractivity contribution in [2.75, 3.05) is 26.7 Å². The SMILES string of the molecule is COc1ccc2cccc(-n3nc(C4CCCN(CCC5CCC(F)(F)CC5)C4)[nH]c3=O)c2n1. The fourth-order valence-electron chi connectivity index (χ4n) is 5.32. The van der Waals surface area contributed by atoms with Crippen molar-refractivity contribution in [2.45, 2.75) is 56.8 Å². The number of hydrogen-bond donors (Lipinski definition) is 1. The zero-order valence-corrected chi connectivity index (χ0v) is 19.5. The highest BCUT2D eigenvalue weighted by Gasteiger charge is 2.35. The average molecular weight is 472 g/mol. The van der Waals surface area contributed by atoms with Crippen molar-refractivity contribution >= 4 is 10.9 Å². The number of aromatic nitrogens is 4. The summed E-state index contributed by atoms with van der Waals surface area (Å²) in [7, 11) is 1.56. The summed E-state index contributed by atoms with van der Waals surface area (Å²) in [5.74, 6) is -0.784. The van der Waals surface area contributed by atoms with E-state index in [1.807, 2.05) is 24.3 Å². The number of nitrogens with zero attached hydrogens (tertiary/aromatic N) is 4. The van der Waals surface area contributed by atoms with E-state index in [1.165, 1.54) is 4.68 Å². The Hall–Kier alpha value is -2.81. The highest BCUT2D eigenvalue weighted by atomic mass is 19.3. The normalized spacial score (nSPS) is 21.7. The van der Waals surface area contributed by atoms with E-state index in [0.29, 0.717) is 41.7 Å². The molecule has 3 heterocycles. The molecule has 1 N–H and O–H groups in total. The molecule has 5 rings (SSSR count). The molecule has 1 saturated carbocycles. The molecule has 1 aliphatic heterocycles. The van der Waals surface area contributed by atoms with E-state index in [2.05, 4.69) is 20.0 Å². The Bertz CT molecular complexity index is 1200. The Kier molecular flexibility index (Phi) is 6.38. The number of likely N-dealkylation sites (tertiary alicyclic amines) is 1. The predicted molar refractivity (Wildman–Crippen MR) is 126 cm³/mol. The topological polar surface area (TPSA) is 76.0 Å². The molecular weight excluding hydrogens is 440 g/mol. The van der Waals surface area contributed by atoms with Crippen LogP contribution in [-0.4, -0.2) is 57.3 Å². The van der Waals surface area contributed by atoms with Crippen LogP contribution < -0.4 is 10.4 Å². The first-order valence-corrected chi connectivity index (χ1v) is 12.2. The molecular formula is C25H31F2N5O2. The Balaban J connectivity index is 1.29. The van der Waals surface area contributed by atoms with Crippen LogP contribution in [0.2, 0.25) is 0 Å². The quantitative estimate of drug-likeness (QED) is 0.572. The van der Waals surface area contributed by atoms with Gasteiger partial charge >= 0.3 is 5.69 Å². The van der Waals surface area contributed by atoms with Gasteiger partial charge in [-0.1, -0.05) is 12.1 Å². The molecule has 1 aromatic carbocycles. The molecule has 0 bridgehead atoms. The van der Waals surface area contributed by atoms with Crippen molar-refractivity contribution in [3.8, 4) is 11.6 Å². The molecule has 1 unspecified atom stereocenters. The number of hydrogen-bond acceptors (Lipinski definition) is 5. The Labute approximate surface area is 197 Å². The van der Waals surface area contributed by atoms with E-state index >= 15 is 0 Å². The smallest absolute Gasteiger partial charge is 0.348 e. The van der Waals surface area contributed by atoms with Gasteiger partial charge in [0.2, 0.25) is 11.8 Å². The first kappa shape index (κ1) is 23.0. The molecule has 7 nitrogen and oxygen atoms in total. The highest BCUT2D eigenvalue weighted by Crippen LogP contribution is 2.37. The summed E-state index contributed by atoms with van der Waals surface area (Å²) in [5, 5.41) is 5.57. The molecule has 2 fully saturated rings. The number of halogens is 2. The fraction of sp³-hybridized carbons (Fsp3) is 0.560. The number of nitrogens with one attached hydrogen (secondary N) is 1. The summed E-state index contributed by atoms with van der Waals surface area (Å²) in [6, 6.07) is 9.37. The molecule has 1 atom stereocenters. The van der Waals surface area contributed by atoms with E-state index in [1.54, 1.807) is 13.2 Å². The molecule has 1 aliphatic carbocycles. The Morgan fingerprint density at radius 2 is 2.00 bits per heavy atom. The van der Waals surface area contributed by atoms with Gasteiger partial charge in [-0.25, -0.2) is 18.6 Å². The minimum Gasteiger partial charge on any atom is -0.481 e. The summed E-state index contributed by atoms with van der Waals surface area (Å²) >= 11 is 0. The summed E-state index contributed by atoms with van der Waals surface area (Å²) in [4.78, 5) is 22.8. The van der Waals surface area contributed by atoms with Gasteiger partial charge in [0.1, 0.15) is 11.3 Å². The van der Waals surface area contributed by atoms with Gasteiger partial charge in [-0.2, -0.15) is 4.68 Å². The third-order valence-corrected chi connectivity index (χ3v) is 7.33. The van der Waals surface area contributed by atoms with Crippen LogP contribution in [0.4, 0.5) is 8.78 Å². The van der Waals surface area contributed by atoms with Gasteiger partial charge in [0.05, 0.1) is 12.8 Å². The van der Waals surface area contributed by atoms with Crippen molar-refractivity contribution in [3.63, 3.8) is 0 Å². The van der Waals surface area contributed by atoms with Crippen LogP contribution >= 0.6 is 0 Å². The number of ether oxygens (including phenoxy) is 1. The van der Waals surface area contributed by atoms with Crippen LogP contribution in [0.1, 0.15) is 56.7 Å². The lowest BCUT2D eigenvalue weighted by Crippen LogP contribution is -2.36. The third-order valence-electron chi connectivity index (χ3n) is 7.33. The molecule has 3 aromatic rings. The zero-order chi connectivity index (χ0) is 23.7. The standard InChI is InChI=1S/C25H31F2N5O2/c1-34-21-8-7-18-4-2-6-20(22(18)28-21)32-24(33)29-23(30-32)19-5-3-14-31(16-19)15-11-17-9-12-25(26,27)13-10-17/h2,4,6-8,17,19H,3,5,9-16H2,1H3,(H,29,30,33). The number of aromatic amines is 1. The number of pyridine rings is 1. The predicted octanol–water partition coefficient (Wildman–Crippen LogP) is 4.51. The molecule has 9 heteroatoms. The maximum absolute atomic E-state index is 13.4. The number of methoxy groups -OCH3 is 1. The van der Waals surface area contributed by atoms with Gasteiger partial charge in [0.25, 0.3) is 0 Å². The van der Waals surface area contributed by atoms with Crippen LogP contribution in [0.25, 0.3) is 16.6 Å². The van der Waals surface area contributed by atoms with E-state index in [9.17, 15) is 13.6 Å². The number of H-pyrrole nitrogens is 1. The molecule has 182 valence electrons. The molecule has 2 aromatic heterocycles. The van der Waals surface area contributed by atoms with Crippen molar-refractivity contribution in [1.82, 2.24) is 24.6 Å². The van der Waals surface area contributed by atoms with Gasteiger partial charge in [-0.15, -0.1) is 5.10 Å². The van der Waals surface area contributed by atoms with E-state index in [4.69, 9.17) is 4.74 Å². The number of fused-ring (bicyclic) bond motifs is 1. The lowest BCUT2D eigenvalue weighted by Gasteiger charge is -2.34. The lowest BCUT2D eigenvalue weighted by atomic mass is 9.84. The Morgan fingerprint density at radius 3 is 2.79 bits per heavy atom. The minimum atomic E-state index is -2.47. The summed E-state index contributed by atoms with van der Waals surface area (Å²) in [6.07, 6.45) is 4.22. The van der Waals surface area contributed by atoms with Gasteiger partial charge in [0, 0.05) is 36.8 Å². The highest BCUT2D eigenvalue weighted by molar-refractivity contribution is 5.86. The number of para-hydroxylation sites is 1. The maximum atomic E-state index is 13.4. The van der Waals surface area contributed by atoms with E-state index < -0.39 is 5.92 Å². The first-order chi connectivity index (χ1) is 16.4. The second kappa shape index (κ2) is 9.44. The zero-order valence-electron chi connectivity index (χ0n) is 19.5. The van der Waals surface area contributed by atoms with E-state index in [-0.39, 0.29) is 24.4 Å². The molecule has 1 saturated heterocycles. The third kappa shape index (κ3) is 4.85. The van der Waals surface area contributed by atoms with Gasteiger partial charge in [-0.3, -0.25) is 4.98 Å². The summed E-state index contributed by atoms with van der Waals surface area (Å²) < 4.78 is 33.5. The molecule has 34 heavy (non-hydrogen) atoms. The average Bonchev–Trinajstić information content (AvgIpc) is 3.24. The van der Waals surface area contributed by atoms with Crippen LogP contribution in [-0.2, 0) is 0 Å². The summed E-state index contributed by atoms with van der Waals surface area (Å²) in [5.41, 5.74) is 0.989. The van der Waals surface area contributed by atoms with Crippen molar-refractivity contribution in [2.24, 2.45) is 5.92 Å². The van der Waals surface area contributed by atoms with Crippen LogP contribution in [0.5, 0.6) is 5.88 Å². The molecule has 0 amide bonds. The molecule has 0 radical (unpaired) electrons. The largest absolute Gasteiger partial charge is 0.481 e. The first-order valence-electron chi connectivity index (χ1n) is 12.2. The number of piperidine rings is 1. The summed E-state index contributed by atoms with van der Waals surface area (Å²) in [6.45, 7) is 2.72. The van der Waals surface area contributed by atoms with Gasteiger partial charge in [-0.05, 0) is 63.2 Å². The number of benzene rings is 1. The van der Waals surface area contributed by atoms with Crippen molar-refractivity contribution < 1.29 is 13.5 Å². The fourth-order valence-corrected chi connectivity index (χ4v) is 5.32. The van der Waals surface area contributed by atoms with Gasteiger partial charge in [0.15, 0.2) is 0 Å². The van der Waals surface area contributed by atoms with Crippen LogP contribution in [0, 0.1) is 5.92 Å². The Morgan fingerprint density at radius 1 is 1.18 bits per heavy atom. The molecule has 2 aliphatic rings. The van der Waals surface area contributed by atoms with E-state index in [0.717, 1.165) is 44.3 Å². The minimum absolute atomic E-state index is 0.0217.